The first-order valence-electron chi connectivity index (χ1n) is 7.55. The summed E-state index contributed by atoms with van der Waals surface area (Å²) >= 11 is 7.59. The van der Waals surface area contributed by atoms with Gasteiger partial charge in [0.1, 0.15) is 0 Å². The number of rotatable bonds is 5. The summed E-state index contributed by atoms with van der Waals surface area (Å²) in [6.07, 6.45) is 1.17. The highest BCUT2D eigenvalue weighted by Crippen LogP contribution is 2.23. The molecule has 4 nitrogen and oxygen atoms in total. The van der Waals surface area contributed by atoms with E-state index in [4.69, 9.17) is 11.6 Å². The molecule has 1 aliphatic rings. The van der Waals surface area contributed by atoms with Crippen LogP contribution in [0.4, 0.5) is 5.69 Å². The molecular weight excluding hydrogens is 332 g/mol. The smallest absolute Gasteiger partial charge is 0.292 e. The van der Waals surface area contributed by atoms with Crippen molar-refractivity contribution < 1.29 is 14.9 Å². The Morgan fingerprint density at radius 3 is 2.65 bits per heavy atom. The van der Waals surface area contributed by atoms with Crippen LogP contribution in [0.25, 0.3) is 0 Å². The zero-order valence-electron chi connectivity index (χ0n) is 12.8. The second-order valence-corrected chi connectivity index (χ2v) is 7.09. The van der Waals surface area contributed by atoms with E-state index in [0.29, 0.717) is 10.7 Å². The van der Waals surface area contributed by atoms with E-state index in [9.17, 15) is 9.59 Å². The number of carbonyl (C=O) groups excluding carboxylic acids is 2. The first-order valence-corrected chi connectivity index (χ1v) is 8.80. The minimum atomic E-state index is -0.321. The summed E-state index contributed by atoms with van der Waals surface area (Å²) in [4.78, 5) is 27.3. The van der Waals surface area contributed by atoms with E-state index in [-0.39, 0.29) is 24.3 Å². The Labute approximate surface area is 144 Å². The standard InChI is InChI=1S/C17H17ClN2O2S/c1-11-7-9-23-15(11)6-8-19-14-10-16(21)20(17(14)22)13-4-2-12(18)3-5-13/h2-5,7,9,14,19H,6,8,10H2,1H3/p+1/t14-/m0/s1. The minimum absolute atomic E-state index is 0.139. The Balaban J connectivity index is 1.62. The van der Waals surface area contributed by atoms with Crippen LogP contribution in [0.1, 0.15) is 16.9 Å². The van der Waals surface area contributed by atoms with Crippen molar-refractivity contribution >= 4 is 40.4 Å². The summed E-state index contributed by atoms with van der Waals surface area (Å²) in [7, 11) is 0. The second kappa shape index (κ2) is 6.83. The van der Waals surface area contributed by atoms with Crippen LogP contribution in [0, 0.1) is 6.92 Å². The van der Waals surface area contributed by atoms with Crippen LogP contribution in [0.3, 0.4) is 0 Å². The fraction of sp³-hybridized carbons (Fsp3) is 0.294. The highest BCUT2D eigenvalue weighted by atomic mass is 35.5. The lowest BCUT2D eigenvalue weighted by Crippen LogP contribution is -2.92. The number of amides is 2. The molecule has 1 atom stereocenters. The molecule has 0 radical (unpaired) electrons. The van der Waals surface area contributed by atoms with Gasteiger partial charge in [-0.2, -0.15) is 0 Å². The molecule has 0 spiro atoms. The Bertz CT molecular complexity index is 726. The molecule has 2 heterocycles. The van der Waals surface area contributed by atoms with Crippen molar-refractivity contribution in [2.24, 2.45) is 0 Å². The molecule has 2 amide bonds. The highest BCUT2D eigenvalue weighted by molar-refractivity contribution is 7.10. The summed E-state index contributed by atoms with van der Waals surface area (Å²) in [5, 5.41) is 4.65. The monoisotopic (exact) mass is 349 g/mol. The van der Waals surface area contributed by atoms with Gasteiger partial charge in [0.25, 0.3) is 5.91 Å². The van der Waals surface area contributed by atoms with Crippen LogP contribution in [-0.4, -0.2) is 24.4 Å². The van der Waals surface area contributed by atoms with Gasteiger partial charge in [-0.05, 0) is 48.2 Å². The number of halogens is 1. The number of anilines is 1. The maximum Gasteiger partial charge on any atom is 0.292 e. The number of aryl methyl sites for hydroxylation is 1. The fourth-order valence-corrected chi connectivity index (χ4v) is 3.83. The molecule has 2 N–H and O–H groups in total. The van der Waals surface area contributed by atoms with E-state index >= 15 is 0 Å². The number of imide groups is 1. The lowest BCUT2D eigenvalue weighted by molar-refractivity contribution is -0.674. The maximum absolute atomic E-state index is 12.5. The Hall–Kier alpha value is -1.69. The van der Waals surface area contributed by atoms with E-state index in [1.807, 2.05) is 5.32 Å². The topological polar surface area (TPSA) is 54.0 Å². The number of carbonyl (C=O) groups is 2. The molecule has 2 aromatic rings. The molecule has 120 valence electrons. The molecule has 0 unspecified atom stereocenters. The van der Waals surface area contributed by atoms with Crippen molar-refractivity contribution in [3.05, 3.63) is 51.2 Å². The largest absolute Gasteiger partial charge is 0.335 e. The number of quaternary nitrogens is 1. The third-order valence-electron chi connectivity index (χ3n) is 4.06. The number of thiophene rings is 1. The molecule has 23 heavy (non-hydrogen) atoms. The van der Waals surface area contributed by atoms with Gasteiger partial charge in [0.15, 0.2) is 6.04 Å². The predicted octanol–water partition coefficient (Wildman–Crippen LogP) is 2.15. The zero-order valence-corrected chi connectivity index (χ0v) is 14.4. The van der Waals surface area contributed by atoms with Crippen molar-refractivity contribution in [3.8, 4) is 0 Å². The van der Waals surface area contributed by atoms with E-state index in [1.165, 1.54) is 15.3 Å². The fourth-order valence-electron chi connectivity index (χ4n) is 2.78. The van der Waals surface area contributed by atoms with Crippen molar-refractivity contribution in [2.45, 2.75) is 25.8 Å². The van der Waals surface area contributed by atoms with E-state index in [0.717, 1.165) is 13.0 Å². The van der Waals surface area contributed by atoms with Gasteiger partial charge in [0, 0.05) is 16.3 Å². The lowest BCUT2D eigenvalue weighted by Gasteiger charge is -2.14. The maximum atomic E-state index is 12.5. The number of nitrogens with two attached hydrogens (primary N) is 1. The van der Waals surface area contributed by atoms with Gasteiger partial charge in [-0.15, -0.1) is 11.3 Å². The van der Waals surface area contributed by atoms with Crippen molar-refractivity contribution in [1.29, 1.82) is 0 Å². The average Bonchev–Trinajstić information content (AvgIpc) is 3.05. The van der Waals surface area contributed by atoms with E-state index in [1.54, 1.807) is 35.6 Å². The van der Waals surface area contributed by atoms with Gasteiger partial charge in [-0.25, -0.2) is 4.90 Å². The van der Waals surface area contributed by atoms with Crippen LogP contribution >= 0.6 is 22.9 Å². The molecule has 0 aliphatic carbocycles. The van der Waals surface area contributed by atoms with Crippen LogP contribution in [0.5, 0.6) is 0 Å². The highest BCUT2D eigenvalue weighted by Gasteiger charge is 2.42. The quantitative estimate of drug-likeness (QED) is 0.841. The van der Waals surface area contributed by atoms with Gasteiger partial charge < -0.3 is 5.32 Å². The van der Waals surface area contributed by atoms with Crippen LogP contribution < -0.4 is 10.2 Å². The third-order valence-corrected chi connectivity index (χ3v) is 5.39. The van der Waals surface area contributed by atoms with E-state index < -0.39 is 0 Å². The second-order valence-electron chi connectivity index (χ2n) is 5.66. The van der Waals surface area contributed by atoms with Crippen molar-refractivity contribution in [2.75, 3.05) is 11.4 Å². The van der Waals surface area contributed by atoms with Gasteiger partial charge in [-0.1, -0.05) is 11.6 Å². The molecule has 1 aromatic carbocycles. The van der Waals surface area contributed by atoms with Gasteiger partial charge in [-0.3, -0.25) is 9.59 Å². The summed E-state index contributed by atoms with van der Waals surface area (Å²) in [5.74, 6) is -0.286. The Morgan fingerprint density at radius 2 is 2.00 bits per heavy atom. The summed E-state index contributed by atoms with van der Waals surface area (Å²) < 4.78 is 0. The first-order chi connectivity index (χ1) is 11.1. The van der Waals surface area contributed by atoms with Crippen LogP contribution in [0.15, 0.2) is 35.7 Å². The molecule has 1 aliphatic heterocycles. The minimum Gasteiger partial charge on any atom is -0.335 e. The SMILES string of the molecule is Cc1ccsc1CC[NH2+][C@H]1CC(=O)N(c2ccc(Cl)cc2)C1=O. The first kappa shape index (κ1) is 16.2. The van der Waals surface area contributed by atoms with Gasteiger partial charge >= 0.3 is 0 Å². The van der Waals surface area contributed by atoms with Gasteiger partial charge in [0.05, 0.1) is 18.7 Å². The molecule has 1 aromatic heterocycles. The number of nitrogens with zero attached hydrogens (tertiary/aromatic N) is 1. The summed E-state index contributed by atoms with van der Waals surface area (Å²) in [6, 6.07) is 8.57. The molecule has 6 heteroatoms. The molecule has 1 saturated heterocycles. The zero-order chi connectivity index (χ0) is 16.4. The summed E-state index contributed by atoms with van der Waals surface area (Å²) in [6.45, 7) is 2.90. The molecule has 0 bridgehead atoms. The number of benzene rings is 1. The Morgan fingerprint density at radius 1 is 1.26 bits per heavy atom. The van der Waals surface area contributed by atoms with Crippen molar-refractivity contribution in [3.63, 3.8) is 0 Å². The van der Waals surface area contributed by atoms with Gasteiger partial charge in [0.2, 0.25) is 5.91 Å². The van der Waals surface area contributed by atoms with Crippen LogP contribution in [-0.2, 0) is 16.0 Å². The Kier molecular flexibility index (Phi) is 4.80. The van der Waals surface area contributed by atoms with E-state index in [2.05, 4.69) is 18.4 Å². The molecular formula is C17H18ClN2O2S+. The average molecular weight is 350 g/mol. The molecule has 3 rings (SSSR count). The third kappa shape index (κ3) is 3.47. The predicted molar refractivity (Wildman–Crippen MR) is 91.9 cm³/mol. The molecule has 0 saturated carbocycles. The molecule has 1 fully saturated rings. The number of hydrogen-bond donors (Lipinski definition) is 1. The van der Waals surface area contributed by atoms with Crippen molar-refractivity contribution in [1.82, 2.24) is 0 Å². The lowest BCUT2D eigenvalue weighted by atomic mass is 10.2. The summed E-state index contributed by atoms with van der Waals surface area (Å²) in [5.41, 5.74) is 1.88. The normalized spacial score (nSPS) is 18.0. The number of hydrogen-bond acceptors (Lipinski definition) is 3. The van der Waals surface area contributed by atoms with Crippen LogP contribution in [0.2, 0.25) is 5.02 Å².